The topological polar surface area (TPSA) is 61.6 Å². The lowest BCUT2D eigenvalue weighted by molar-refractivity contribution is 0.782. The van der Waals surface area contributed by atoms with Gasteiger partial charge >= 0.3 is 0 Å². The Morgan fingerprint density at radius 2 is 2.46 bits per heavy atom. The normalized spacial score (nSPS) is 11.8. The summed E-state index contributed by atoms with van der Waals surface area (Å²) in [5.41, 5.74) is 0. The molecule has 4 nitrogen and oxygen atoms in total. The molecule has 68 valence electrons. The molecular weight excluding hydrogens is 188 g/mol. The highest BCUT2D eigenvalue weighted by Crippen LogP contribution is 2.06. The van der Waals surface area contributed by atoms with Crippen LogP contribution in [-0.4, -0.2) is 16.5 Å². The van der Waals surface area contributed by atoms with Crippen molar-refractivity contribution in [2.75, 3.05) is 11.9 Å². The maximum Gasteiger partial charge on any atom is 0.149 e. The Balaban J connectivity index is 2.51. The van der Waals surface area contributed by atoms with E-state index in [-0.39, 0.29) is 5.92 Å². The van der Waals surface area contributed by atoms with Gasteiger partial charge in [0.2, 0.25) is 0 Å². The summed E-state index contributed by atoms with van der Waals surface area (Å²) in [7, 11) is 0. The molecule has 0 saturated heterocycles. The van der Waals surface area contributed by atoms with Crippen LogP contribution in [0.1, 0.15) is 6.92 Å². The quantitative estimate of drug-likeness (QED) is 0.800. The number of rotatable bonds is 3. The van der Waals surface area contributed by atoms with Crippen molar-refractivity contribution in [3.8, 4) is 6.07 Å². The van der Waals surface area contributed by atoms with Crippen LogP contribution in [0.5, 0.6) is 0 Å². The summed E-state index contributed by atoms with van der Waals surface area (Å²) in [6.07, 6.45) is 3.02. The van der Waals surface area contributed by atoms with Gasteiger partial charge < -0.3 is 5.32 Å². The Morgan fingerprint density at radius 1 is 1.69 bits per heavy atom. The number of anilines is 1. The summed E-state index contributed by atoms with van der Waals surface area (Å²) in [6.45, 7) is 2.37. The van der Waals surface area contributed by atoms with Crippen LogP contribution in [0.4, 0.5) is 5.82 Å². The van der Waals surface area contributed by atoms with Gasteiger partial charge in [-0.05, 0) is 6.92 Å². The summed E-state index contributed by atoms with van der Waals surface area (Å²) in [4.78, 5) is 7.81. The van der Waals surface area contributed by atoms with Crippen molar-refractivity contribution in [1.29, 1.82) is 5.26 Å². The van der Waals surface area contributed by atoms with Gasteiger partial charge in [0.25, 0.3) is 0 Å². The Bertz CT molecular complexity index is 320. The molecule has 0 fully saturated rings. The number of nitrogens with one attached hydrogen (secondary N) is 1. The maximum absolute atomic E-state index is 8.52. The molecule has 0 aliphatic heterocycles. The SMILES string of the molecule is CC(C#N)CNc1cncc(Cl)n1. The van der Waals surface area contributed by atoms with E-state index < -0.39 is 0 Å². The molecule has 1 N–H and O–H groups in total. The predicted molar refractivity (Wildman–Crippen MR) is 50.3 cm³/mol. The zero-order valence-electron chi connectivity index (χ0n) is 7.16. The second-order valence-electron chi connectivity index (χ2n) is 2.64. The van der Waals surface area contributed by atoms with E-state index in [2.05, 4.69) is 21.4 Å². The standard InChI is InChI=1S/C8H9ClN4/c1-6(2-10)3-12-8-5-11-4-7(9)13-8/h4-6H,3H2,1H3,(H,12,13). The number of nitrogens with zero attached hydrogens (tertiary/aromatic N) is 3. The minimum atomic E-state index is -0.0548. The molecule has 1 heterocycles. The zero-order chi connectivity index (χ0) is 9.68. The molecule has 1 aromatic rings. The Morgan fingerprint density at radius 3 is 3.08 bits per heavy atom. The van der Waals surface area contributed by atoms with Crippen LogP contribution in [-0.2, 0) is 0 Å². The first-order chi connectivity index (χ1) is 6.22. The summed E-state index contributed by atoms with van der Waals surface area (Å²) in [5, 5.41) is 11.8. The van der Waals surface area contributed by atoms with E-state index in [1.54, 1.807) is 6.20 Å². The molecule has 0 bridgehead atoms. The van der Waals surface area contributed by atoms with Gasteiger partial charge in [-0.15, -0.1) is 0 Å². The molecule has 5 heteroatoms. The zero-order valence-corrected chi connectivity index (χ0v) is 7.91. The van der Waals surface area contributed by atoms with Crippen LogP contribution in [0, 0.1) is 17.2 Å². The fourth-order valence-corrected chi connectivity index (χ4v) is 0.878. The molecular formula is C8H9ClN4. The van der Waals surface area contributed by atoms with Gasteiger partial charge in [0, 0.05) is 6.54 Å². The second kappa shape index (κ2) is 4.63. The first kappa shape index (κ1) is 9.75. The maximum atomic E-state index is 8.52. The number of hydrogen-bond acceptors (Lipinski definition) is 4. The van der Waals surface area contributed by atoms with Crippen LogP contribution < -0.4 is 5.32 Å². The van der Waals surface area contributed by atoms with E-state index in [4.69, 9.17) is 16.9 Å². The van der Waals surface area contributed by atoms with Crippen LogP contribution in [0.25, 0.3) is 0 Å². The molecule has 1 aromatic heterocycles. The molecule has 1 atom stereocenters. The van der Waals surface area contributed by atoms with E-state index in [9.17, 15) is 0 Å². The van der Waals surface area contributed by atoms with Gasteiger partial charge in [-0.3, -0.25) is 4.98 Å². The Hall–Kier alpha value is -1.34. The van der Waals surface area contributed by atoms with E-state index in [1.807, 2.05) is 6.92 Å². The lowest BCUT2D eigenvalue weighted by Crippen LogP contribution is -2.10. The van der Waals surface area contributed by atoms with Crippen LogP contribution >= 0.6 is 11.6 Å². The van der Waals surface area contributed by atoms with Crippen molar-refractivity contribution < 1.29 is 0 Å². The summed E-state index contributed by atoms with van der Waals surface area (Å²) in [5.74, 6) is 0.537. The average molecular weight is 197 g/mol. The molecule has 0 saturated carbocycles. The summed E-state index contributed by atoms with van der Waals surface area (Å²) < 4.78 is 0. The highest BCUT2D eigenvalue weighted by atomic mass is 35.5. The van der Waals surface area contributed by atoms with E-state index >= 15 is 0 Å². The van der Waals surface area contributed by atoms with Gasteiger partial charge in [0.15, 0.2) is 0 Å². The summed E-state index contributed by atoms with van der Waals surface area (Å²) >= 11 is 5.62. The first-order valence-corrected chi connectivity index (χ1v) is 4.21. The third-order valence-electron chi connectivity index (χ3n) is 1.41. The molecule has 1 rings (SSSR count). The van der Waals surface area contributed by atoms with Crippen LogP contribution in [0.3, 0.4) is 0 Å². The lowest BCUT2D eigenvalue weighted by Gasteiger charge is -2.05. The van der Waals surface area contributed by atoms with Gasteiger partial charge in [-0.1, -0.05) is 11.6 Å². The number of nitriles is 1. The fourth-order valence-electron chi connectivity index (χ4n) is 0.731. The van der Waals surface area contributed by atoms with Crippen molar-refractivity contribution in [1.82, 2.24) is 9.97 Å². The molecule has 0 aliphatic carbocycles. The average Bonchev–Trinajstić information content (AvgIpc) is 2.14. The van der Waals surface area contributed by atoms with Gasteiger partial charge in [-0.2, -0.15) is 5.26 Å². The minimum Gasteiger partial charge on any atom is -0.367 e. The van der Waals surface area contributed by atoms with E-state index in [0.717, 1.165) is 0 Å². The van der Waals surface area contributed by atoms with Crippen molar-refractivity contribution in [3.63, 3.8) is 0 Å². The molecule has 0 spiro atoms. The van der Waals surface area contributed by atoms with Crippen molar-refractivity contribution in [2.24, 2.45) is 5.92 Å². The van der Waals surface area contributed by atoms with Crippen molar-refractivity contribution in [2.45, 2.75) is 6.92 Å². The van der Waals surface area contributed by atoms with Gasteiger partial charge in [0.1, 0.15) is 11.0 Å². The van der Waals surface area contributed by atoms with E-state index in [1.165, 1.54) is 6.20 Å². The van der Waals surface area contributed by atoms with Crippen molar-refractivity contribution >= 4 is 17.4 Å². The van der Waals surface area contributed by atoms with Crippen LogP contribution in [0.2, 0.25) is 5.15 Å². The first-order valence-electron chi connectivity index (χ1n) is 3.83. The summed E-state index contributed by atoms with van der Waals surface area (Å²) in [6, 6.07) is 2.11. The smallest absolute Gasteiger partial charge is 0.149 e. The van der Waals surface area contributed by atoms with Crippen molar-refractivity contribution in [3.05, 3.63) is 17.5 Å². The number of halogens is 1. The highest BCUT2D eigenvalue weighted by molar-refractivity contribution is 6.29. The largest absolute Gasteiger partial charge is 0.367 e. The molecule has 0 amide bonds. The Labute approximate surface area is 81.6 Å². The molecule has 13 heavy (non-hydrogen) atoms. The van der Waals surface area contributed by atoms with E-state index in [0.29, 0.717) is 17.5 Å². The second-order valence-corrected chi connectivity index (χ2v) is 3.03. The van der Waals surface area contributed by atoms with Gasteiger partial charge in [0.05, 0.1) is 24.4 Å². The Kier molecular flexibility index (Phi) is 3.47. The van der Waals surface area contributed by atoms with Crippen LogP contribution in [0.15, 0.2) is 12.4 Å². The molecule has 1 unspecified atom stereocenters. The number of aromatic nitrogens is 2. The predicted octanol–water partition coefficient (Wildman–Crippen LogP) is 1.70. The fraction of sp³-hybridized carbons (Fsp3) is 0.375. The third kappa shape index (κ3) is 3.26. The minimum absolute atomic E-state index is 0.0548. The molecule has 0 radical (unpaired) electrons. The number of hydrogen-bond donors (Lipinski definition) is 1. The third-order valence-corrected chi connectivity index (χ3v) is 1.60. The van der Waals surface area contributed by atoms with Gasteiger partial charge in [-0.25, -0.2) is 4.98 Å². The lowest BCUT2D eigenvalue weighted by atomic mass is 10.2. The monoisotopic (exact) mass is 196 g/mol. The highest BCUT2D eigenvalue weighted by Gasteiger charge is 2.00. The molecule has 0 aromatic carbocycles. The molecule has 0 aliphatic rings.